The van der Waals surface area contributed by atoms with E-state index in [1.807, 2.05) is 0 Å². The summed E-state index contributed by atoms with van der Waals surface area (Å²) in [7, 11) is 0. The van der Waals surface area contributed by atoms with Gasteiger partial charge in [-0.2, -0.15) is 0 Å². The molecule has 0 aromatic heterocycles. The third kappa shape index (κ3) is 2.65. The van der Waals surface area contributed by atoms with Crippen molar-refractivity contribution in [2.75, 3.05) is 6.61 Å². The van der Waals surface area contributed by atoms with Crippen LogP contribution in [0.3, 0.4) is 0 Å². The SMILES string of the molecule is CC#Cc1cc(F)c(C2C(=O)C3CCC(C3)C2=O)c(OCC)c1. The van der Waals surface area contributed by atoms with E-state index in [0.29, 0.717) is 18.6 Å². The second-order valence-electron chi connectivity index (χ2n) is 6.12. The molecule has 2 fully saturated rings. The predicted octanol–water partition coefficient (Wildman–Crippen LogP) is 3.25. The van der Waals surface area contributed by atoms with Gasteiger partial charge in [-0.25, -0.2) is 4.39 Å². The zero-order chi connectivity index (χ0) is 16.6. The van der Waals surface area contributed by atoms with Gasteiger partial charge in [0.15, 0.2) is 11.6 Å². The van der Waals surface area contributed by atoms with Crippen LogP contribution in [0.5, 0.6) is 5.75 Å². The Morgan fingerprint density at radius 1 is 1.22 bits per heavy atom. The highest BCUT2D eigenvalue weighted by Gasteiger charge is 2.49. The lowest BCUT2D eigenvalue weighted by atomic mass is 9.75. The Bertz CT molecular complexity index is 704. The molecule has 1 aromatic rings. The molecule has 1 aromatic carbocycles. The lowest BCUT2D eigenvalue weighted by molar-refractivity contribution is -0.136. The Hall–Kier alpha value is -2.15. The van der Waals surface area contributed by atoms with Gasteiger partial charge in [-0.3, -0.25) is 9.59 Å². The highest BCUT2D eigenvalue weighted by atomic mass is 19.1. The second kappa shape index (κ2) is 6.16. The van der Waals surface area contributed by atoms with Crippen LogP contribution in [0.25, 0.3) is 0 Å². The first-order valence-corrected chi connectivity index (χ1v) is 8.03. The van der Waals surface area contributed by atoms with Crippen LogP contribution < -0.4 is 4.74 Å². The van der Waals surface area contributed by atoms with E-state index in [2.05, 4.69) is 11.8 Å². The molecule has 3 nitrogen and oxygen atoms in total. The maximum absolute atomic E-state index is 14.7. The van der Waals surface area contributed by atoms with Gasteiger partial charge in [-0.1, -0.05) is 5.92 Å². The van der Waals surface area contributed by atoms with Gasteiger partial charge in [0.05, 0.1) is 6.61 Å². The zero-order valence-electron chi connectivity index (χ0n) is 13.3. The van der Waals surface area contributed by atoms with Gasteiger partial charge in [0.25, 0.3) is 0 Å². The Morgan fingerprint density at radius 2 is 1.87 bits per heavy atom. The summed E-state index contributed by atoms with van der Waals surface area (Å²) >= 11 is 0. The van der Waals surface area contributed by atoms with Crippen LogP contribution in [0.1, 0.15) is 50.2 Å². The summed E-state index contributed by atoms with van der Waals surface area (Å²) in [6.45, 7) is 3.78. The minimum atomic E-state index is -1.02. The van der Waals surface area contributed by atoms with Gasteiger partial charge < -0.3 is 4.74 Å². The molecule has 0 radical (unpaired) electrons. The van der Waals surface area contributed by atoms with Crippen LogP contribution in [0.2, 0.25) is 0 Å². The summed E-state index contributed by atoms with van der Waals surface area (Å²) in [5.74, 6) is 3.62. The van der Waals surface area contributed by atoms with Crippen molar-refractivity contribution in [3.8, 4) is 17.6 Å². The van der Waals surface area contributed by atoms with Crippen LogP contribution in [0.15, 0.2) is 12.1 Å². The number of carbonyl (C=O) groups is 2. The minimum Gasteiger partial charge on any atom is -0.493 e. The van der Waals surface area contributed by atoms with Crippen molar-refractivity contribution in [2.45, 2.75) is 39.0 Å². The number of Topliss-reactive ketones (excluding diaryl/α,β-unsaturated/α-hetero) is 2. The van der Waals surface area contributed by atoms with E-state index in [0.717, 1.165) is 12.8 Å². The van der Waals surface area contributed by atoms with Crippen molar-refractivity contribution >= 4 is 11.6 Å². The molecule has 120 valence electrons. The number of hydrogen-bond acceptors (Lipinski definition) is 3. The van der Waals surface area contributed by atoms with E-state index in [9.17, 15) is 14.0 Å². The highest BCUT2D eigenvalue weighted by molar-refractivity contribution is 6.12. The molecule has 3 rings (SSSR count). The standard InChI is InChI=1S/C19H19FO3/c1-3-5-11-8-14(20)16(15(9-11)23-4-2)17-18(21)12-6-7-13(10-12)19(17)22/h8-9,12-13,17H,4,6-7,10H2,1-2H3. The fourth-order valence-corrected chi connectivity index (χ4v) is 3.76. The quantitative estimate of drug-likeness (QED) is 0.635. The van der Waals surface area contributed by atoms with Gasteiger partial charge >= 0.3 is 0 Å². The van der Waals surface area contributed by atoms with Crippen molar-refractivity contribution in [2.24, 2.45) is 11.8 Å². The molecule has 0 aliphatic heterocycles. The first-order valence-electron chi connectivity index (χ1n) is 8.03. The summed E-state index contributed by atoms with van der Waals surface area (Å²) in [4.78, 5) is 25.3. The molecule has 0 amide bonds. The molecule has 0 N–H and O–H groups in total. The summed E-state index contributed by atoms with van der Waals surface area (Å²) in [6, 6.07) is 2.90. The summed E-state index contributed by atoms with van der Waals surface area (Å²) in [5.41, 5.74) is 0.580. The van der Waals surface area contributed by atoms with Gasteiger partial charge in [0, 0.05) is 23.0 Å². The fraction of sp³-hybridized carbons (Fsp3) is 0.474. The number of halogens is 1. The molecule has 2 bridgehead atoms. The Kier molecular flexibility index (Phi) is 4.21. The van der Waals surface area contributed by atoms with Crippen molar-refractivity contribution in [1.29, 1.82) is 0 Å². The largest absolute Gasteiger partial charge is 0.493 e. The maximum atomic E-state index is 14.7. The summed E-state index contributed by atoms with van der Waals surface area (Å²) < 4.78 is 20.2. The first kappa shape index (κ1) is 15.7. The topological polar surface area (TPSA) is 43.4 Å². The first-order chi connectivity index (χ1) is 11.1. The number of benzene rings is 1. The van der Waals surface area contributed by atoms with E-state index in [4.69, 9.17) is 4.74 Å². The molecule has 23 heavy (non-hydrogen) atoms. The minimum absolute atomic E-state index is 0.0973. The van der Waals surface area contributed by atoms with E-state index in [-0.39, 0.29) is 34.7 Å². The number of carbonyl (C=O) groups excluding carboxylic acids is 2. The molecule has 2 aliphatic carbocycles. The Balaban J connectivity index is 2.12. The summed E-state index contributed by atoms with van der Waals surface area (Å²) in [6.07, 6.45) is 2.09. The normalized spacial score (nSPS) is 26.0. The number of fused-ring (bicyclic) bond motifs is 2. The lowest BCUT2D eigenvalue weighted by Crippen LogP contribution is -2.35. The van der Waals surface area contributed by atoms with Crippen LogP contribution in [-0.4, -0.2) is 18.2 Å². The number of hydrogen-bond donors (Lipinski definition) is 0. The van der Waals surface area contributed by atoms with Crippen LogP contribution in [-0.2, 0) is 9.59 Å². The average Bonchev–Trinajstić information content (AvgIpc) is 2.96. The van der Waals surface area contributed by atoms with E-state index < -0.39 is 11.7 Å². The molecule has 4 heteroatoms. The molecular weight excluding hydrogens is 295 g/mol. The molecule has 2 aliphatic rings. The fourth-order valence-electron chi connectivity index (χ4n) is 3.76. The van der Waals surface area contributed by atoms with Crippen molar-refractivity contribution < 1.29 is 18.7 Å². The van der Waals surface area contributed by atoms with Crippen molar-refractivity contribution in [1.82, 2.24) is 0 Å². The molecule has 0 heterocycles. The number of ether oxygens (including phenoxy) is 1. The van der Waals surface area contributed by atoms with E-state index in [1.165, 1.54) is 6.07 Å². The van der Waals surface area contributed by atoms with Crippen LogP contribution in [0.4, 0.5) is 4.39 Å². The summed E-state index contributed by atoms with van der Waals surface area (Å²) in [5, 5.41) is 0. The molecule has 0 spiro atoms. The van der Waals surface area contributed by atoms with Gasteiger partial charge in [0.2, 0.25) is 0 Å². The Labute approximate surface area is 135 Å². The van der Waals surface area contributed by atoms with Gasteiger partial charge in [-0.05, 0) is 45.2 Å². The molecule has 2 unspecified atom stereocenters. The maximum Gasteiger partial charge on any atom is 0.151 e. The number of rotatable bonds is 3. The van der Waals surface area contributed by atoms with Gasteiger partial charge in [0.1, 0.15) is 17.5 Å². The lowest BCUT2D eigenvalue weighted by Gasteiger charge is -2.27. The third-order valence-electron chi connectivity index (χ3n) is 4.76. The van der Waals surface area contributed by atoms with Gasteiger partial charge in [-0.15, -0.1) is 5.92 Å². The smallest absolute Gasteiger partial charge is 0.151 e. The van der Waals surface area contributed by atoms with Crippen LogP contribution in [0, 0.1) is 29.5 Å². The zero-order valence-corrected chi connectivity index (χ0v) is 13.3. The van der Waals surface area contributed by atoms with Crippen molar-refractivity contribution in [3.05, 3.63) is 29.1 Å². The third-order valence-corrected chi connectivity index (χ3v) is 4.76. The second-order valence-corrected chi connectivity index (χ2v) is 6.12. The van der Waals surface area contributed by atoms with E-state index in [1.54, 1.807) is 19.9 Å². The average molecular weight is 314 g/mol. The van der Waals surface area contributed by atoms with Crippen molar-refractivity contribution in [3.63, 3.8) is 0 Å². The molecule has 2 atom stereocenters. The highest BCUT2D eigenvalue weighted by Crippen LogP contribution is 2.46. The van der Waals surface area contributed by atoms with E-state index >= 15 is 0 Å². The predicted molar refractivity (Wildman–Crippen MR) is 83.7 cm³/mol. The Morgan fingerprint density at radius 3 is 2.43 bits per heavy atom. The molecule has 0 saturated heterocycles. The number of ketones is 2. The molecule has 2 saturated carbocycles. The monoisotopic (exact) mass is 314 g/mol. The van der Waals surface area contributed by atoms with Crippen LogP contribution >= 0.6 is 0 Å². The molecular formula is C19H19FO3.